The lowest BCUT2D eigenvalue weighted by molar-refractivity contribution is -0.117. The second-order valence-corrected chi connectivity index (χ2v) is 5.48. The van der Waals surface area contributed by atoms with E-state index in [1.807, 2.05) is 0 Å². The fraction of sp³-hybridized carbons (Fsp3) is 0.786. The molecule has 3 nitrogen and oxygen atoms in total. The van der Waals surface area contributed by atoms with Crippen LogP contribution < -0.4 is 5.32 Å². The van der Waals surface area contributed by atoms with Gasteiger partial charge < -0.3 is 10.2 Å². The van der Waals surface area contributed by atoms with E-state index in [1.165, 1.54) is 44.7 Å². The Labute approximate surface area is 104 Å². The van der Waals surface area contributed by atoms with Crippen molar-refractivity contribution in [3.8, 4) is 0 Å². The molecule has 1 saturated heterocycles. The highest BCUT2D eigenvalue weighted by molar-refractivity contribution is 5.87. The molecule has 0 bridgehead atoms. The summed E-state index contributed by atoms with van der Waals surface area (Å²) in [4.78, 5) is 13.9. The summed E-state index contributed by atoms with van der Waals surface area (Å²) in [5.74, 6) is 0.562. The molecule has 0 spiro atoms. The van der Waals surface area contributed by atoms with Gasteiger partial charge in [0.25, 0.3) is 0 Å². The number of piperidine rings is 1. The highest BCUT2D eigenvalue weighted by Crippen LogP contribution is 2.29. The molecule has 0 radical (unpaired) electrons. The van der Waals surface area contributed by atoms with Crippen molar-refractivity contribution in [1.29, 1.82) is 0 Å². The molecule has 1 amide bonds. The van der Waals surface area contributed by atoms with Gasteiger partial charge in [-0.05, 0) is 51.1 Å². The van der Waals surface area contributed by atoms with E-state index in [0.29, 0.717) is 5.92 Å². The van der Waals surface area contributed by atoms with Gasteiger partial charge in [-0.15, -0.1) is 0 Å². The van der Waals surface area contributed by atoms with Crippen LogP contribution in [-0.4, -0.2) is 36.0 Å². The number of nitrogens with one attached hydrogen (secondary N) is 1. The van der Waals surface area contributed by atoms with Gasteiger partial charge in [0.15, 0.2) is 0 Å². The van der Waals surface area contributed by atoms with Crippen LogP contribution in [0.25, 0.3) is 0 Å². The molecule has 96 valence electrons. The van der Waals surface area contributed by atoms with Crippen molar-refractivity contribution in [2.24, 2.45) is 5.92 Å². The Hall–Kier alpha value is -0.830. The van der Waals surface area contributed by atoms with Gasteiger partial charge in [0.2, 0.25) is 5.91 Å². The van der Waals surface area contributed by atoms with Crippen LogP contribution in [0.4, 0.5) is 0 Å². The van der Waals surface area contributed by atoms with Crippen molar-refractivity contribution in [3.05, 3.63) is 12.7 Å². The van der Waals surface area contributed by atoms with Crippen LogP contribution in [0.2, 0.25) is 0 Å². The Kier molecular flexibility index (Phi) is 4.21. The summed E-state index contributed by atoms with van der Waals surface area (Å²) in [5.41, 5.74) is 0. The quantitative estimate of drug-likeness (QED) is 0.757. The summed E-state index contributed by atoms with van der Waals surface area (Å²) in [6, 6.07) is 1.10. The summed E-state index contributed by atoms with van der Waals surface area (Å²) in [6.45, 7) is 8.03. The van der Waals surface area contributed by atoms with E-state index >= 15 is 0 Å². The number of carbonyl (C=O) groups excluding carboxylic acids is 1. The lowest BCUT2D eigenvalue weighted by Gasteiger charge is -2.43. The molecular weight excluding hydrogens is 212 g/mol. The molecule has 1 aliphatic heterocycles. The first-order valence-corrected chi connectivity index (χ1v) is 6.87. The first-order chi connectivity index (χ1) is 8.20. The zero-order valence-electron chi connectivity index (χ0n) is 10.8. The standard InChI is InChI=1S/C14H24N2O/c1-3-14(17)15-11(2)12-6-5-9-16(10-12)13-7-4-8-13/h3,11-13H,1,4-10H2,2H3,(H,15,17). The summed E-state index contributed by atoms with van der Waals surface area (Å²) in [6.07, 6.45) is 8.02. The largest absolute Gasteiger partial charge is 0.350 e. The van der Waals surface area contributed by atoms with Crippen molar-refractivity contribution in [2.45, 2.75) is 51.1 Å². The number of amides is 1. The molecule has 1 N–H and O–H groups in total. The molecule has 2 atom stereocenters. The van der Waals surface area contributed by atoms with Crippen LogP contribution in [0.3, 0.4) is 0 Å². The SMILES string of the molecule is C=CC(=O)NC(C)C1CCCN(C2CCC2)C1. The zero-order valence-corrected chi connectivity index (χ0v) is 10.8. The lowest BCUT2D eigenvalue weighted by atomic mass is 9.85. The first-order valence-electron chi connectivity index (χ1n) is 6.87. The van der Waals surface area contributed by atoms with E-state index in [1.54, 1.807) is 0 Å². The van der Waals surface area contributed by atoms with Gasteiger partial charge in [0, 0.05) is 18.6 Å². The topological polar surface area (TPSA) is 32.3 Å². The van der Waals surface area contributed by atoms with Crippen LogP contribution in [0, 0.1) is 5.92 Å². The third kappa shape index (κ3) is 3.09. The smallest absolute Gasteiger partial charge is 0.243 e. The molecule has 1 aliphatic carbocycles. The van der Waals surface area contributed by atoms with Gasteiger partial charge in [-0.3, -0.25) is 4.79 Å². The fourth-order valence-electron chi connectivity index (χ4n) is 2.93. The minimum absolute atomic E-state index is 0.0433. The van der Waals surface area contributed by atoms with Crippen molar-refractivity contribution in [1.82, 2.24) is 10.2 Å². The van der Waals surface area contributed by atoms with E-state index < -0.39 is 0 Å². The predicted octanol–water partition coefficient (Wildman–Crippen LogP) is 1.94. The molecule has 1 saturated carbocycles. The maximum Gasteiger partial charge on any atom is 0.243 e. The summed E-state index contributed by atoms with van der Waals surface area (Å²) >= 11 is 0. The lowest BCUT2D eigenvalue weighted by Crippen LogP contribution is -2.50. The molecule has 0 aromatic carbocycles. The Morgan fingerprint density at radius 3 is 2.76 bits per heavy atom. The molecule has 17 heavy (non-hydrogen) atoms. The normalized spacial score (nSPS) is 28.2. The fourth-order valence-corrected chi connectivity index (χ4v) is 2.93. The van der Waals surface area contributed by atoms with E-state index in [4.69, 9.17) is 0 Å². The molecule has 3 heteroatoms. The number of likely N-dealkylation sites (tertiary alicyclic amines) is 1. The molecule has 2 fully saturated rings. The van der Waals surface area contributed by atoms with Gasteiger partial charge in [0.1, 0.15) is 0 Å². The van der Waals surface area contributed by atoms with E-state index in [2.05, 4.69) is 23.7 Å². The summed E-state index contributed by atoms with van der Waals surface area (Å²) in [7, 11) is 0. The Morgan fingerprint density at radius 1 is 1.41 bits per heavy atom. The summed E-state index contributed by atoms with van der Waals surface area (Å²) < 4.78 is 0. The Balaban J connectivity index is 1.83. The van der Waals surface area contributed by atoms with E-state index in [9.17, 15) is 4.79 Å². The molecule has 2 unspecified atom stereocenters. The number of hydrogen-bond acceptors (Lipinski definition) is 2. The van der Waals surface area contributed by atoms with Crippen LogP contribution >= 0.6 is 0 Å². The molecule has 1 heterocycles. The van der Waals surface area contributed by atoms with Gasteiger partial charge in [-0.2, -0.15) is 0 Å². The zero-order chi connectivity index (χ0) is 12.3. The second-order valence-electron chi connectivity index (χ2n) is 5.48. The second kappa shape index (κ2) is 5.67. The van der Waals surface area contributed by atoms with Crippen molar-refractivity contribution >= 4 is 5.91 Å². The monoisotopic (exact) mass is 236 g/mol. The van der Waals surface area contributed by atoms with Crippen LogP contribution in [0.5, 0.6) is 0 Å². The van der Waals surface area contributed by atoms with Crippen LogP contribution in [-0.2, 0) is 4.79 Å². The first kappa shape index (κ1) is 12.6. The molecule has 0 aromatic rings. The van der Waals surface area contributed by atoms with E-state index in [-0.39, 0.29) is 11.9 Å². The third-order valence-corrected chi connectivity index (χ3v) is 4.34. The Bertz CT molecular complexity index is 286. The maximum absolute atomic E-state index is 11.3. The highest BCUT2D eigenvalue weighted by atomic mass is 16.1. The van der Waals surface area contributed by atoms with E-state index in [0.717, 1.165) is 12.6 Å². The predicted molar refractivity (Wildman–Crippen MR) is 69.7 cm³/mol. The van der Waals surface area contributed by atoms with Gasteiger partial charge in [0.05, 0.1) is 0 Å². The molecule has 2 rings (SSSR count). The average Bonchev–Trinajstić information content (AvgIpc) is 2.27. The molecule has 0 aromatic heterocycles. The minimum Gasteiger partial charge on any atom is -0.350 e. The van der Waals surface area contributed by atoms with Crippen LogP contribution in [0.15, 0.2) is 12.7 Å². The van der Waals surface area contributed by atoms with Crippen molar-refractivity contribution < 1.29 is 4.79 Å². The minimum atomic E-state index is -0.0433. The van der Waals surface area contributed by atoms with Gasteiger partial charge in [-0.25, -0.2) is 0 Å². The third-order valence-electron chi connectivity index (χ3n) is 4.34. The maximum atomic E-state index is 11.3. The molecule has 2 aliphatic rings. The number of carbonyl (C=O) groups is 1. The van der Waals surface area contributed by atoms with Gasteiger partial charge in [-0.1, -0.05) is 13.0 Å². The van der Waals surface area contributed by atoms with Crippen LogP contribution in [0.1, 0.15) is 39.0 Å². The van der Waals surface area contributed by atoms with Crippen molar-refractivity contribution in [3.63, 3.8) is 0 Å². The number of nitrogens with zero attached hydrogens (tertiary/aromatic N) is 1. The number of hydrogen-bond donors (Lipinski definition) is 1. The summed E-state index contributed by atoms with van der Waals surface area (Å²) in [5, 5.41) is 3.01. The van der Waals surface area contributed by atoms with Crippen molar-refractivity contribution in [2.75, 3.05) is 13.1 Å². The highest BCUT2D eigenvalue weighted by Gasteiger charge is 2.31. The Morgan fingerprint density at radius 2 is 2.18 bits per heavy atom. The number of rotatable bonds is 4. The van der Waals surface area contributed by atoms with Gasteiger partial charge >= 0.3 is 0 Å². The molecular formula is C14H24N2O. The average molecular weight is 236 g/mol.